The average Bonchev–Trinajstić information content (AvgIpc) is 3.05. The number of hydrogen-bond acceptors (Lipinski definition) is 4. The van der Waals surface area contributed by atoms with Crippen molar-refractivity contribution in [3.8, 4) is 0 Å². The standard InChI is InChI=1S/C19H19ClF3N5/c1-12-3-2-7-24-17(12)13-4-8-27(9-5-13)14-6-10-28-15(11-19(21,22)23)25-26-18(28)16(14)20/h2-3,6-7,10,13H,4-5,8-9,11H2,1H3. The Labute approximate surface area is 165 Å². The predicted octanol–water partition coefficient (Wildman–Crippen LogP) is 4.57. The SMILES string of the molecule is Cc1cccnc1C1CCN(c2ccn3c(CC(F)(F)F)nnc3c2Cl)CC1. The number of rotatable bonds is 3. The zero-order chi connectivity index (χ0) is 19.9. The Morgan fingerprint density at radius 3 is 2.61 bits per heavy atom. The van der Waals surface area contributed by atoms with Crippen molar-refractivity contribution in [3.05, 3.63) is 52.7 Å². The van der Waals surface area contributed by atoms with Crippen LogP contribution in [0.15, 0.2) is 30.6 Å². The minimum absolute atomic E-state index is 0.166. The van der Waals surface area contributed by atoms with Gasteiger partial charge in [-0.05, 0) is 37.5 Å². The summed E-state index contributed by atoms with van der Waals surface area (Å²) in [6, 6.07) is 5.75. The van der Waals surface area contributed by atoms with E-state index in [9.17, 15) is 13.2 Å². The number of aromatic nitrogens is 4. The number of halogens is 4. The maximum absolute atomic E-state index is 12.7. The summed E-state index contributed by atoms with van der Waals surface area (Å²) in [7, 11) is 0. The first-order valence-electron chi connectivity index (χ1n) is 9.09. The zero-order valence-electron chi connectivity index (χ0n) is 15.2. The van der Waals surface area contributed by atoms with E-state index < -0.39 is 12.6 Å². The van der Waals surface area contributed by atoms with E-state index in [1.165, 1.54) is 9.96 Å². The molecule has 0 radical (unpaired) electrons. The highest BCUT2D eigenvalue weighted by molar-refractivity contribution is 6.36. The third-order valence-corrected chi connectivity index (χ3v) is 5.56. The van der Waals surface area contributed by atoms with Crippen LogP contribution in [0.5, 0.6) is 0 Å². The van der Waals surface area contributed by atoms with Gasteiger partial charge in [0, 0.05) is 37.1 Å². The molecule has 0 aliphatic carbocycles. The van der Waals surface area contributed by atoms with Gasteiger partial charge in [0.05, 0.1) is 5.69 Å². The molecule has 9 heteroatoms. The van der Waals surface area contributed by atoms with E-state index in [2.05, 4.69) is 33.1 Å². The molecule has 0 aromatic carbocycles. The molecule has 0 saturated carbocycles. The molecule has 0 amide bonds. The van der Waals surface area contributed by atoms with Gasteiger partial charge in [0.2, 0.25) is 0 Å². The van der Waals surface area contributed by atoms with Gasteiger partial charge in [-0.15, -0.1) is 10.2 Å². The number of nitrogens with zero attached hydrogens (tertiary/aromatic N) is 5. The fourth-order valence-corrected chi connectivity index (χ4v) is 4.14. The largest absolute Gasteiger partial charge is 0.396 e. The van der Waals surface area contributed by atoms with E-state index in [1.807, 2.05) is 12.3 Å². The summed E-state index contributed by atoms with van der Waals surface area (Å²) in [4.78, 5) is 6.68. The molecule has 1 aliphatic heterocycles. The monoisotopic (exact) mass is 409 g/mol. The van der Waals surface area contributed by atoms with Crippen LogP contribution in [0.25, 0.3) is 5.65 Å². The minimum Gasteiger partial charge on any atom is -0.370 e. The highest BCUT2D eigenvalue weighted by atomic mass is 35.5. The topological polar surface area (TPSA) is 46.3 Å². The van der Waals surface area contributed by atoms with Gasteiger partial charge in [-0.2, -0.15) is 13.2 Å². The molecule has 28 heavy (non-hydrogen) atoms. The summed E-state index contributed by atoms with van der Waals surface area (Å²) >= 11 is 6.48. The first kappa shape index (κ1) is 19.0. The Kier molecular flexibility index (Phi) is 4.91. The predicted molar refractivity (Wildman–Crippen MR) is 101 cm³/mol. The van der Waals surface area contributed by atoms with Crippen molar-refractivity contribution in [2.45, 2.75) is 38.3 Å². The summed E-state index contributed by atoms with van der Waals surface area (Å²) in [5.41, 5.74) is 3.36. The van der Waals surface area contributed by atoms with Crippen molar-refractivity contribution < 1.29 is 13.2 Å². The number of anilines is 1. The lowest BCUT2D eigenvalue weighted by Gasteiger charge is -2.34. The number of hydrogen-bond donors (Lipinski definition) is 0. The van der Waals surface area contributed by atoms with Crippen molar-refractivity contribution in [3.63, 3.8) is 0 Å². The molecule has 1 aliphatic rings. The van der Waals surface area contributed by atoms with Gasteiger partial charge in [-0.3, -0.25) is 9.38 Å². The third kappa shape index (κ3) is 3.65. The van der Waals surface area contributed by atoms with Crippen LogP contribution in [-0.4, -0.2) is 38.8 Å². The number of alkyl halides is 3. The maximum Gasteiger partial charge on any atom is 0.396 e. The van der Waals surface area contributed by atoms with Gasteiger partial charge in [0.25, 0.3) is 0 Å². The van der Waals surface area contributed by atoms with E-state index in [4.69, 9.17) is 11.6 Å². The molecular weight excluding hydrogens is 391 g/mol. The van der Waals surface area contributed by atoms with E-state index in [0.717, 1.165) is 37.3 Å². The number of piperidine rings is 1. The second-order valence-corrected chi connectivity index (χ2v) is 7.46. The van der Waals surface area contributed by atoms with Crippen LogP contribution in [0.3, 0.4) is 0 Å². The molecule has 1 fully saturated rings. The molecule has 0 unspecified atom stereocenters. The van der Waals surface area contributed by atoms with Crippen LogP contribution in [0.4, 0.5) is 18.9 Å². The summed E-state index contributed by atoms with van der Waals surface area (Å²) in [5, 5.41) is 7.88. The van der Waals surface area contributed by atoms with Crippen molar-refractivity contribution in [2.75, 3.05) is 18.0 Å². The van der Waals surface area contributed by atoms with Crippen LogP contribution in [0.2, 0.25) is 5.02 Å². The fourth-order valence-electron chi connectivity index (χ4n) is 3.83. The normalized spacial score (nSPS) is 16.1. The molecule has 4 heterocycles. The Balaban J connectivity index is 1.54. The molecule has 4 rings (SSSR count). The zero-order valence-corrected chi connectivity index (χ0v) is 16.0. The molecule has 0 N–H and O–H groups in total. The third-order valence-electron chi connectivity index (χ3n) is 5.20. The van der Waals surface area contributed by atoms with E-state index >= 15 is 0 Å². The van der Waals surface area contributed by atoms with Crippen molar-refractivity contribution in [2.24, 2.45) is 0 Å². The van der Waals surface area contributed by atoms with Crippen LogP contribution in [0, 0.1) is 6.92 Å². The maximum atomic E-state index is 12.7. The molecule has 0 atom stereocenters. The van der Waals surface area contributed by atoms with Gasteiger partial charge >= 0.3 is 6.18 Å². The first-order chi connectivity index (χ1) is 13.3. The highest BCUT2D eigenvalue weighted by Crippen LogP contribution is 2.35. The van der Waals surface area contributed by atoms with Crippen molar-refractivity contribution >= 4 is 22.9 Å². The molecule has 0 spiro atoms. The smallest absolute Gasteiger partial charge is 0.370 e. The Bertz CT molecular complexity index is 993. The Hall–Kier alpha value is -2.35. The molecular formula is C19H19ClF3N5. The van der Waals surface area contributed by atoms with Gasteiger partial charge in [-0.1, -0.05) is 17.7 Å². The van der Waals surface area contributed by atoms with Crippen molar-refractivity contribution in [1.29, 1.82) is 0 Å². The quantitative estimate of drug-likeness (QED) is 0.635. The van der Waals surface area contributed by atoms with Crippen LogP contribution in [-0.2, 0) is 6.42 Å². The van der Waals surface area contributed by atoms with Crippen LogP contribution in [0.1, 0.15) is 35.8 Å². The average molecular weight is 410 g/mol. The van der Waals surface area contributed by atoms with E-state index in [-0.39, 0.29) is 11.5 Å². The molecule has 1 saturated heterocycles. The summed E-state index contributed by atoms with van der Waals surface area (Å²) < 4.78 is 39.4. The molecule has 3 aromatic heterocycles. The fraction of sp³-hybridized carbons (Fsp3) is 0.421. The number of aryl methyl sites for hydroxylation is 1. The molecule has 148 valence electrons. The lowest BCUT2D eigenvalue weighted by atomic mass is 9.90. The van der Waals surface area contributed by atoms with Crippen LogP contribution >= 0.6 is 11.6 Å². The Morgan fingerprint density at radius 2 is 1.93 bits per heavy atom. The van der Waals surface area contributed by atoms with Crippen molar-refractivity contribution in [1.82, 2.24) is 19.6 Å². The van der Waals surface area contributed by atoms with Gasteiger partial charge in [0.15, 0.2) is 5.65 Å². The molecule has 3 aromatic rings. The van der Waals surface area contributed by atoms with E-state index in [1.54, 1.807) is 12.3 Å². The van der Waals surface area contributed by atoms with Gasteiger partial charge in [0.1, 0.15) is 17.3 Å². The Morgan fingerprint density at radius 1 is 1.18 bits per heavy atom. The lowest BCUT2D eigenvalue weighted by Crippen LogP contribution is -2.33. The molecule has 5 nitrogen and oxygen atoms in total. The number of pyridine rings is 2. The molecule has 0 bridgehead atoms. The second-order valence-electron chi connectivity index (χ2n) is 7.08. The lowest BCUT2D eigenvalue weighted by molar-refractivity contribution is -0.128. The first-order valence-corrected chi connectivity index (χ1v) is 9.46. The summed E-state index contributed by atoms with van der Waals surface area (Å²) in [6.45, 7) is 3.66. The summed E-state index contributed by atoms with van der Waals surface area (Å²) in [6.07, 6.45) is -0.231. The van der Waals surface area contributed by atoms with E-state index in [0.29, 0.717) is 10.9 Å². The minimum atomic E-state index is -4.35. The second kappa shape index (κ2) is 7.24. The van der Waals surface area contributed by atoms with Gasteiger partial charge < -0.3 is 4.90 Å². The van der Waals surface area contributed by atoms with Gasteiger partial charge in [-0.25, -0.2) is 0 Å². The summed E-state index contributed by atoms with van der Waals surface area (Å²) in [5.74, 6) is 0.228. The van der Waals surface area contributed by atoms with Crippen LogP contribution < -0.4 is 4.90 Å². The number of fused-ring (bicyclic) bond motifs is 1. The highest BCUT2D eigenvalue weighted by Gasteiger charge is 2.31.